The van der Waals surface area contributed by atoms with E-state index >= 15 is 0 Å². The standard InChI is InChI=1S/C29H15NO4S2/c1-30-22-12-14(10-20-24(31)16-6-2-3-7-17(16)25(20)32)35-28(22)29-23(30)13-15(36-29)11-21-26(33)18-8-4-5-9-19(18)27(21)34/h2-13H,1H3. The van der Waals surface area contributed by atoms with Crippen LogP contribution in [-0.2, 0) is 7.05 Å². The average molecular weight is 506 g/mol. The second kappa shape index (κ2) is 7.40. The van der Waals surface area contributed by atoms with Crippen molar-refractivity contribution >= 4 is 78.4 Å². The summed E-state index contributed by atoms with van der Waals surface area (Å²) in [6.07, 6.45) is 3.37. The van der Waals surface area contributed by atoms with Crippen molar-refractivity contribution in [1.82, 2.24) is 4.57 Å². The van der Waals surface area contributed by atoms with Crippen LogP contribution in [-0.4, -0.2) is 27.7 Å². The van der Waals surface area contributed by atoms with Crippen LogP contribution in [0.25, 0.3) is 32.6 Å². The third kappa shape index (κ3) is 2.81. The summed E-state index contributed by atoms with van der Waals surface area (Å²) in [6, 6.07) is 17.8. The van der Waals surface area contributed by atoms with Crippen molar-refractivity contribution in [3.8, 4) is 0 Å². The maximum absolute atomic E-state index is 12.8. The molecule has 172 valence electrons. The second-order valence-electron chi connectivity index (χ2n) is 8.81. The van der Waals surface area contributed by atoms with Gasteiger partial charge in [0.05, 0.1) is 31.6 Å². The molecule has 0 N–H and O–H groups in total. The summed E-state index contributed by atoms with van der Waals surface area (Å²) in [5, 5.41) is 0. The second-order valence-corrected chi connectivity index (χ2v) is 11.0. The van der Waals surface area contributed by atoms with Gasteiger partial charge in [0.15, 0.2) is 23.1 Å². The highest BCUT2D eigenvalue weighted by atomic mass is 32.1. The number of fused-ring (bicyclic) bond motifs is 5. The number of rotatable bonds is 2. The molecule has 2 aliphatic rings. The molecule has 7 heteroatoms. The number of allylic oxidation sites excluding steroid dienone is 2. The summed E-state index contributed by atoms with van der Waals surface area (Å²) < 4.78 is 4.13. The lowest BCUT2D eigenvalue weighted by Crippen LogP contribution is -1.99. The molecule has 0 aliphatic heterocycles. The van der Waals surface area contributed by atoms with Gasteiger partial charge < -0.3 is 4.57 Å². The van der Waals surface area contributed by atoms with E-state index in [0.717, 1.165) is 30.2 Å². The third-order valence-electron chi connectivity index (χ3n) is 6.78. The Morgan fingerprint density at radius 2 is 0.917 bits per heavy atom. The van der Waals surface area contributed by atoms with Crippen molar-refractivity contribution in [2.45, 2.75) is 0 Å². The van der Waals surface area contributed by atoms with Gasteiger partial charge in [0, 0.05) is 39.1 Å². The van der Waals surface area contributed by atoms with E-state index in [0.29, 0.717) is 22.3 Å². The number of benzene rings is 2. The summed E-state index contributed by atoms with van der Waals surface area (Å²) in [5.41, 5.74) is 4.18. The topological polar surface area (TPSA) is 73.2 Å². The summed E-state index contributed by atoms with van der Waals surface area (Å²) in [5.74, 6) is -0.962. The molecule has 0 saturated heterocycles. The Hall–Kier alpha value is -4.20. The van der Waals surface area contributed by atoms with Gasteiger partial charge in [0.25, 0.3) is 0 Å². The van der Waals surface area contributed by atoms with E-state index in [-0.39, 0.29) is 34.3 Å². The number of aryl methyl sites for hydroxylation is 1. The van der Waals surface area contributed by atoms with Crippen LogP contribution >= 0.6 is 22.7 Å². The largest absolute Gasteiger partial charge is 0.342 e. The third-order valence-corrected chi connectivity index (χ3v) is 9.08. The van der Waals surface area contributed by atoms with Crippen LogP contribution in [0.3, 0.4) is 0 Å². The fourth-order valence-electron chi connectivity index (χ4n) is 4.99. The first-order valence-electron chi connectivity index (χ1n) is 11.2. The summed E-state index contributed by atoms with van der Waals surface area (Å²) in [6.45, 7) is 0. The van der Waals surface area contributed by atoms with Crippen molar-refractivity contribution < 1.29 is 19.2 Å². The molecule has 0 radical (unpaired) electrons. The molecule has 0 spiro atoms. The van der Waals surface area contributed by atoms with Gasteiger partial charge in [-0.2, -0.15) is 0 Å². The minimum atomic E-state index is -0.241. The first-order chi connectivity index (χ1) is 17.4. The molecular formula is C29H15NO4S2. The van der Waals surface area contributed by atoms with Crippen LogP contribution in [0.1, 0.15) is 51.2 Å². The van der Waals surface area contributed by atoms with Crippen molar-refractivity contribution in [2.75, 3.05) is 0 Å². The number of thiophene rings is 2. The highest BCUT2D eigenvalue weighted by Gasteiger charge is 2.34. The number of hydrogen-bond acceptors (Lipinski definition) is 6. The summed E-state index contributed by atoms with van der Waals surface area (Å²) in [7, 11) is 1.96. The molecule has 2 aromatic carbocycles. The molecule has 3 aromatic heterocycles. The predicted molar refractivity (Wildman–Crippen MR) is 142 cm³/mol. The molecular weight excluding hydrogens is 490 g/mol. The number of nitrogens with zero attached hydrogens (tertiary/aromatic N) is 1. The lowest BCUT2D eigenvalue weighted by Gasteiger charge is -1.94. The smallest absolute Gasteiger partial charge is 0.197 e. The lowest BCUT2D eigenvalue weighted by molar-refractivity contribution is 0.0975. The maximum Gasteiger partial charge on any atom is 0.197 e. The summed E-state index contributed by atoms with van der Waals surface area (Å²) >= 11 is 3.04. The maximum atomic E-state index is 12.8. The molecule has 7 rings (SSSR count). The number of carbonyl (C=O) groups excluding carboxylic acids is 4. The number of aromatic nitrogens is 1. The Labute approximate surface area is 212 Å². The zero-order chi connectivity index (χ0) is 24.7. The minimum Gasteiger partial charge on any atom is -0.342 e. The van der Waals surface area contributed by atoms with E-state index < -0.39 is 0 Å². The fourth-order valence-corrected chi connectivity index (χ4v) is 7.40. The van der Waals surface area contributed by atoms with Crippen LogP contribution in [0.5, 0.6) is 0 Å². The molecule has 0 bridgehead atoms. The Kier molecular flexibility index (Phi) is 4.34. The van der Waals surface area contributed by atoms with E-state index in [1.165, 1.54) is 22.7 Å². The molecule has 0 fully saturated rings. The van der Waals surface area contributed by atoms with Gasteiger partial charge in [-0.3, -0.25) is 19.2 Å². The minimum absolute atomic E-state index is 0.188. The normalized spacial score (nSPS) is 14.9. The van der Waals surface area contributed by atoms with E-state index in [4.69, 9.17) is 0 Å². The van der Waals surface area contributed by atoms with Crippen molar-refractivity contribution in [3.63, 3.8) is 0 Å². The van der Waals surface area contributed by atoms with Crippen LogP contribution in [0.2, 0.25) is 0 Å². The van der Waals surface area contributed by atoms with Crippen LogP contribution in [0.15, 0.2) is 71.8 Å². The van der Waals surface area contributed by atoms with E-state index in [1.54, 1.807) is 60.7 Å². The van der Waals surface area contributed by atoms with Gasteiger partial charge in [0.2, 0.25) is 0 Å². The molecule has 3 heterocycles. The van der Waals surface area contributed by atoms with Crippen molar-refractivity contribution in [3.05, 3.63) is 104 Å². The van der Waals surface area contributed by atoms with Crippen LogP contribution in [0.4, 0.5) is 0 Å². The zero-order valence-corrected chi connectivity index (χ0v) is 20.5. The van der Waals surface area contributed by atoms with Crippen LogP contribution in [0, 0.1) is 0 Å². The molecule has 0 unspecified atom stereocenters. The molecule has 0 saturated carbocycles. The predicted octanol–water partition coefficient (Wildman–Crippen LogP) is 6.38. The van der Waals surface area contributed by atoms with E-state index in [2.05, 4.69) is 4.57 Å². The quantitative estimate of drug-likeness (QED) is 0.206. The molecule has 5 nitrogen and oxygen atoms in total. The Morgan fingerprint density at radius 3 is 1.25 bits per heavy atom. The van der Waals surface area contributed by atoms with E-state index in [9.17, 15) is 19.2 Å². The van der Waals surface area contributed by atoms with Crippen molar-refractivity contribution in [2.24, 2.45) is 7.05 Å². The molecule has 0 amide bonds. The number of Topliss-reactive ketones (excluding diaryl/α,β-unsaturated/α-hetero) is 4. The number of hydrogen-bond donors (Lipinski definition) is 0. The zero-order valence-electron chi connectivity index (χ0n) is 18.8. The van der Waals surface area contributed by atoms with E-state index in [1.807, 2.05) is 19.2 Å². The van der Waals surface area contributed by atoms with Gasteiger partial charge in [-0.05, 0) is 24.3 Å². The molecule has 2 aliphatic carbocycles. The Balaban J connectivity index is 1.29. The van der Waals surface area contributed by atoms with Gasteiger partial charge in [-0.25, -0.2) is 0 Å². The van der Waals surface area contributed by atoms with Gasteiger partial charge in [-0.1, -0.05) is 48.5 Å². The van der Waals surface area contributed by atoms with Gasteiger partial charge in [0.1, 0.15) is 0 Å². The van der Waals surface area contributed by atoms with Gasteiger partial charge >= 0.3 is 0 Å². The first kappa shape index (κ1) is 21.1. The average Bonchev–Trinajstić information content (AvgIpc) is 3.65. The molecule has 5 aromatic rings. The van der Waals surface area contributed by atoms with Crippen LogP contribution < -0.4 is 0 Å². The number of carbonyl (C=O) groups is 4. The highest BCUT2D eigenvalue weighted by Crippen LogP contribution is 2.42. The Bertz CT molecular complexity index is 1710. The highest BCUT2D eigenvalue weighted by molar-refractivity contribution is 7.28. The van der Waals surface area contributed by atoms with Gasteiger partial charge in [-0.15, -0.1) is 22.7 Å². The molecule has 36 heavy (non-hydrogen) atoms. The van der Waals surface area contributed by atoms with Crippen molar-refractivity contribution in [1.29, 1.82) is 0 Å². The Morgan fingerprint density at radius 1 is 0.583 bits per heavy atom. The lowest BCUT2D eigenvalue weighted by atomic mass is 10.1. The fraction of sp³-hybridized carbons (Fsp3) is 0.0345. The monoisotopic (exact) mass is 505 g/mol. The SMILES string of the molecule is Cn1c2cc(C=C3C(=O)c4ccccc4C3=O)sc2c2sc(C=C3C(=O)c4ccccc4C3=O)cc21. The first-order valence-corrected chi connectivity index (χ1v) is 12.9. The molecule has 0 atom stereocenters. The summed E-state index contributed by atoms with van der Waals surface area (Å²) in [4.78, 5) is 52.8. The number of ketones is 4.